The lowest BCUT2D eigenvalue weighted by atomic mass is 10.1. The van der Waals surface area contributed by atoms with E-state index in [1.807, 2.05) is 0 Å². The van der Waals surface area contributed by atoms with Gasteiger partial charge in [-0.15, -0.1) is 0 Å². The van der Waals surface area contributed by atoms with Crippen molar-refractivity contribution in [2.75, 3.05) is 18.0 Å². The number of carboxylic acids is 1. The van der Waals surface area contributed by atoms with Gasteiger partial charge in [0.15, 0.2) is 0 Å². The lowest BCUT2D eigenvalue weighted by molar-refractivity contribution is -0.148. The summed E-state index contributed by atoms with van der Waals surface area (Å²) in [6.45, 7) is 2.34. The predicted molar refractivity (Wildman–Crippen MR) is 82.7 cm³/mol. The Morgan fingerprint density at radius 3 is 2.61 bits per heavy atom. The highest BCUT2D eigenvalue weighted by molar-refractivity contribution is 7.89. The van der Waals surface area contributed by atoms with Gasteiger partial charge in [-0.1, -0.05) is 13.0 Å². The van der Waals surface area contributed by atoms with Crippen molar-refractivity contribution in [1.29, 1.82) is 0 Å². The lowest BCUT2D eigenvalue weighted by Crippen LogP contribution is -2.40. The Kier molecular flexibility index (Phi) is 3.68. The number of hydrogen-bond acceptors (Lipinski definition) is 4. The molecule has 1 amide bonds. The summed E-state index contributed by atoms with van der Waals surface area (Å²) in [6.07, 6.45) is 1.27. The Labute approximate surface area is 134 Å². The zero-order chi connectivity index (χ0) is 16.8. The summed E-state index contributed by atoms with van der Waals surface area (Å²) in [5.74, 6) is -1.55. The third-order valence-corrected chi connectivity index (χ3v) is 5.95. The minimum Gasteiger partial charge on any atom is -0.480 e. The third kappa shape index (κ3) is 2.51. The van der Waals surface area contributed by atoms with E-state index in [1.165, 1.54) is 17.0 Å². The van der Waals surface area contributed by atoms with Gasteiger partial charge < -0.3 is 10.0 Å². The van der Waals surface area contributed by atoms with Crippen LogP contribution in [-0.2, 0) is 26.0 Å². The SMILES string of the molecule is CCNS(=O)(=O)c1ccc2c(c1)N(C(=O)C1(C(=O)O)CC1)CC2. The van der Waals surface area contributed by atoms with Gasteiger partial charge in [-0.25, -0.2) is 13.1 Å². The number of amides is 1. The molecule has 0 unspecified atom stereocenters. The highest BCUT2D eigenvalue weighted by Crippen LogP contribution is 2.49. The Morgan fingerprint density at radius 1 is 1.35 bits per heavy atom. The first kappa shape index (κ1) is 15.9. The molecule has 8 heteroatoms. The van der Waals surface area contributed by atoms with Crippen molar-refractivity contribution in [2.45, 2.75) is 31.1 Å². The number of aliphatic carboxylic acids is 1. The fourth-order valence-corrected chi connectivity index (χ4v) is 3.97. The van der Waals surface area contributed by atoms with Crippen LogP contribution >= 0.6 is 0 Å². The van der Waals surface area contributed by atoms with Gasteiger partial charge in [0.25, 0.3) is 0 Å². The second kappa shape index (κ2) is 5.31. The smallest absolute Gasteiger partial charge is 0.319 e. The summed E-state index contributed by atoms with van der Waals surface area (Å²) >= 11 is 0. The van der Waals surface area contributed by atoms with Crippen LogP contribution in [0.3, 0.4) is 0 Å². The molecule has 0 radical (unpaired) electrons. The van der Waals surface area contributed by atoms with E-state index in [1.54, 1.807) is 13.0 Å². The molecule has 23 heavy (non-hydrogen) atoms. The third-order valence-electron chi connectivity index (χ3n) is 4.41. The van der Waals surface area contributed by atoms with Crippen LogP contribution in [0.25, 0.3) is 0 Å². The van der Waals surface area contributed by atoms with Gasteiger partial charge in [-0.05, 0) is 37.0 Å². The number of carboxylic acid groups (broad SMARTS) is 1. The summed E-state index contributed by atoms with van der Waals surface area (Å²) in [6, 6.07) is 4.65. The van der Waals surface area contributed by atoms with Gasteiger partial charge in [-0.3, -0.25) is 9.59 Å². The van der Waals surface area contributed by atoms with Gasteiger partial charge in [-0.2, -0.15) is 0 Å². The summed E-state index contributed by atoms with van der Waals surface area (Å²) in [4.78, 5) is 25.5. The number of anilines is 1. The van der Waals surface area contributed by atoms with Gasteiger partial charge in [0.05, 0.1) is 4.90 Å². The maximum atomic E-state index is 12.6. The van der Waals surface area contributed by atoms with Crippen LogP contribution < -0.4 is 9.62 Å². The normalized spacial score (nSPS) is 18.6. The van der Waals surface area contributed by atoms with Crippen LogP contribution in [0.4, 0.5) is 5.69 Å². The number of fused-ring (bicyclic) bond motifs is 1. The molecule has 0 atom stereocenters. The summed E-state index contributed by atoms with van der Waals surface area (Å²) in [7, 11) is -3.62. The molecule has 1 fully saturated rings. The first-order valence-corrected chi connectivity index (χ1v) is 8.98. The molecule has 2 aliphatic rings. The minimum absolute atomic E-state index is 0.0815. The highest BCUT2D eigenvalue weighted by Gasteiger charge is 2.59. The molecule has 7 nitrogen and oxygen atoms in total. The molecule has 1 aliphatic heterocycles. The first-order chi connectivity index (χ1) is 10.8. The number of carbonyl (C=O) groups excluding carboxylic acids is 1. The quantitative estimate of drug-likeness (QED) is 0.771. The number of benzene rings is 1. The molecule has 124 valence electrons. The molecule has 1 aliphatic carbocycles. The van der Waals surface area contributed by atoms with E-state index < -0.39 is 27.3 Å². The van der Waals surface area contributed by atoms with Crippen molar-refractivity contribution in [3.63, 3.8) is 0 Å². The number of nitrogens with one attached hydrogen (secondary N) is 1. The summed E-state index contributed by atoms with van der Waals surface area (Å²) in [5.41, 5.74) is 0.0366. The first-order valence-electron chi connectivity index (χ1n) is 7.50. The predicted octanol–water partition coefficient (Wildman–Crippen LogP) is 0.739. The topological polar surface area (TPSA) is 104 Å². The molecular weight excluding hydrogens is 320 g/mol. The molecule has 0 bridgehead atoms. The Balaban J connectivity index is 1.96. The average Bonchev–Trinajstić information content (AvgIpc) is 3.20. The molecule has 1 aromatic carbocycles. The van der Waals surface area contributed by atoms with Gasteiger partial charge in [0, 0.05) is 18.8 Å². The van der Waals surface area contributed by atoms with Crippen molar-refractivity contribution < 1.29 is 23.1 Å². The van der Waals surface area contributed by atoms with Crippen LogP contribution in [0.15, 0.2) is 23.1 Å². The molecular formula is C15H18N2O5S. The Hall–Kier alpha value is -1.93. The zero-order valence-electron chi connectivity index (χ0n) is 12.7. The Morgan fingerprint density at radius 2 is 2.04 bits per heavy atom. The fourth-order valence-electron chi connectivity index (χ4n) is 2.91. The van der Waals surface area contributed by atoms with E-state index in [2.05, 4.69) is 4.72 Å². The van der Waals surface area contributed by atoms with Crippen molar-refractivity contribution in [2.24, 2.45) is 5.41 Å². The summed E-state index contributed by atoms with van der Waals surface area (Å²) < 4.78 is 26.6. The minimum atomic E-state index is -3.62. The van der Waals surface area contributed by atoms with Crippen LogP contribution in [0.1, 0.15) is 25.3 Å². The number of sulfonamides is 1. The van der Waals surface area contributed by atoms with Gasteiger partial charge in [0.2, 0.25) is 15.9 Å². The lowest BCUT2D eigenvalue weighted by Gasteiger charge is -2.21. The average molecular weight is 338 g/mol. The maximum Gasteiger partial charge on any atom is 0.319 e. The van der Waals surface area contributed by atoms with E-state index in [0.717, 1.165) is 5.56 Å². The maximum absolute atomic E-state index is 12.6. The van der Waals surface area contributed by atoms with Crippen molar-refractivity contribution in [1.82, 2.24) is 4.72 Å². The number of carbonyl (C=O) groups is 2. The molecule has 0 aromatic heterocycles. The van der Waals surface area contributed by atoms with Crippen molar-refractivity contribution in [3.8, 4) is 0 Å². The standard InChI is InChI=1S/C15H18N2O5S/c1-2-16-23(21,22)11-4-3-10-5-8-17(12(10)9-11)13(18)15(6-7-15)14(19)20/h3-4,9,16H,2,5-8H2,1H3,(H,19,20). The second-order valence-electron chi connectivity index (χ2n) is 5.89. The van der Waals surface area contributed by atoms with Crippen LogP contribution in [0.5, 0.6) is 0 Å². The van der Waals surface area contributed by atoms with E-state index in [-0.39, 0.29) is 11.4 Å². The summed E-state index contributed by atoms with van der Waals surface area (Å²) in [5, 5.41) is 9.28. The van der Waals surface area contributed by atoms with Crippen LogP contribution in [-0.4, -0.2) is 38.5 Å². The molecule has 0 saturated heterocycles. The monoisotopic (exact) mass is 338 g/mol. The van der Waals surface area contributed by atoms with Crippen LogP contribution in [0.2, 0.25) is 0 Å². The van der Waals surface area contributed by atoms with E-state index in [0.29, 0.717) is 31.5 Å². The zero-order valence-corrected chi connectivity index (χ0v) is 13.5. The largest absolute Gasteiger partial charge is 0.480 e. The van der Waals surface area contributed by atoms with E-state index in [4.69, 9.17) is 0 Å². The molecule has 0 spiro atoms. The van der Waals surface area contributed by atoms with Crippen molar-refractivity contribution >= 4 is 27.6 Å². The molecule has 1 saturated carbocycles. The molecule has 2 N–H and O–H groups in total. The molecule has 1 heterocycles. The fraction of sp³-hybridized carbons (Fsp3) is 0.467. The highest BCUT2D eigenvalue weighted by atomic mass is 32.2. The number of hydrogen-bond donors (Lipinski definition) is 2. The van der Waals surface area contributed by atoms with Crippen LogP contribution in [0, 0.1) is 5.41 Å². The number of nitrogens with zero attached hydrogens (tertiary/aromatic N) is 1. The molecule has 3 rings (SSSR count). The Bertz CT molecular complexity index is 783. The molecule has 1 aromatic rings. The van der Waals surface area contributed by atoms with E-state index >= 15 is 0 Å². The van der Waals surface area contributed by atoms with E-state index in [9.17, 15) is 23.1 Å². The van der Waals surface area contributed by atoms with Crippen molar-refractivity contribution in [3.05, 3.63) is 23.8 Å². The van der Waals surface area contributed by atoms with Gasteiger partial charge >= 0.3 is 5.97 Å². The second-order valence-corrected chi connectivity index (χ2v) is 7.65. The van der Waals surface area contributed by atoms with Gasteiger partial charge in [0.1, 0.15) is 5.41 Å². The number of rotatable bonds is 5.